The number of allylic oxidation sites excluding steroid dienone is 1. The van der Waals surface area contributed by atoms with Gasteiger partial charge in [-0.15, -0.1) is 0 Å². The zero-order valence-corrected chi connectivity index (χ0v) is 9.12. The van der Waals surface area contributed by atoms with Crippen molar-refractivity contribution in [2.75, 3.05) is 13.7 Å². The van der Waals surface area contributed by atoms with Crippen molar-refractivity contribution >= 4 is 11.8 Å². The minimum atomic E-state index is -0.245. The molecule has 0 spiro atoms. The molecule has 0 aromatic rings. The monoisotopic (exact) mass is 212 g/mol. The van der Waals surface area contributed by atoms with E-state index in [9.17, 15) is 9.59 Å². The van der Waals surface area contributed by atoms with Crippen LogP contribution in [0.25, 0.3) is 0 Å². The first-order chi connectivity index (χ1) is 7.19. The Morgan fingerprint density at radius 1 is 1.60 bits per heavy atom. The fraction of sp³-hybridized carbons (Fsp3) is 0.636. The predicted molar refractivity (Wildman–Crippen MR) is 54.1 cm³/mol. The van der Waals surface area contributed by atoms with Crippen molar-refractivity contribution in [2.24, 2.45) is 5.92 Å². The molecule has 1 fully saturated rings. The summed E-state index contributed by atoms with van der Waals surface area (Å²) in [4.78, 5) is 22.7. The highest BCUT2D eigenvalue weighted by atomic mass is 16.5. The number of ketones is 1. The summed E-state index contributed by atoms with van der Waals surface area (Å²) in [6.07, 6.45) is 2.89. The zero-order chi connectivity index (χ0) is 11.3. The Hall–Kier alpha value is -1.32. The van der Waals surface area contributed by atoms with E-state index in [0.717, 1.165) is 0 Å². The van der Waals surface area contributed by atoms with Gasteiger partial charge in [-0.1, -0.05) is 0 Å². The number of hydrogen-bond acceptors (Lipinski definition) is 4. The molecular weight excluding hydrogens is 196 g/mol. The SMILES string of the molecule is CCO/C=C1\CC(C(=O)OC)CCC1=O. The quantitative estimate of drug-likeness (QED) is 0.403. The van der Waals surface area contributed by atoms with Gasteiger partial charge in [0.25, 0.3) is 0 Å². The molecule has 15 heavy (non-hydrogen) atoms. The molecule has 1 rings (SSSR count). The molecule has 0 aromatic carbocycles. The van der Waals surface area contributed by atoms with Gasteiger partial charge < -0.3 is 9.47 Å². The highest BCUT2D eigenvalue weighted by Gasteiger charge is 2.29. The highest BCUT2D eigenvalue weighted by Crippen LogP contribution is 2.26. The zero-order valence-electron chi connectivity index (χ0n) is 9.12. The number of carbonyl (C=O) groups is 2. The molecule has 1 aliphatic carbocycles. The molecule has 0 aliphatic heterocycles. The number of methoxy groups -OCH3 is 1. The Kier molecular flexibility index (Phi) is 4.34. The summed E-state index contributed by atoms with van der Waals surface area (Å²) < 4.78 is 9.73. The van der Waals surface area contributed by atoms with Gasteiger partial charge >= 0.3 is 5.97 Å². The van der Waals surface area contributed by atoms with Gasteiger partial charge in [-0.3, -0.25) is 9.59 Å². The average Bonchev–Trinajstić information content (AvgIpc) is 2.27. The number of rotatable bonds is 3. The average molecular weight is 212 g/mol. The van der Waals surface area contributed by atoms with Gasteiger partial charge in [0.2, 0.25) is 0 Å². The molecule has 1 unspecified atom stereocenters. The molecule has 4 heteroatoms. The van der Waals surface area contributed by atoms with Gasteiger partial charge in [0.15, 0.2) is 5.78 Å². The molecule has 4 nitrogen and oxygen atoms in total. The van der Waals surface area contributed by atoms with Gasteiger partial charge in [-0.05, 0) is 19.8 Å². The van der Waals surface area contributed by atoms with E-state index in [4.69, 9.17) is 4.74 Å². The van der Waals surface area contributed by atoms with E-state index in [-0.39, 0.29) is 17.7 Å². The minimum absolute atomic E-state index is 0.0728. The van der Waals surface area contributed by atoms with Gasteiger partial charge in [0.1, 0.15) is 0 Å². The largest absolute Gasteiger partial charge is 0.501 e. The van der Waals surface area contributed by atoms with E-state index in [2.05, 4.69) is 4.74 Å². The first-order valence-electron chi connectivity index (χ1n) is 5.10. The molecule has 0 bridgehead atoms. The molecule has 0 amide bonds. The lowest BCUT2D eigenvalue weighted by Gasteiger charge is -2.20. The number of ether oxygens (including phenoxy) is 2. The molecule has 84 valence electrons. The Morgan fingerprint density at radius 3 is 2.93 bits per heavy atom. The van der Waals surface area contributed by atoms with E-state index in [1.165, 1.54) is 13.4 Å². The summed E-state index contributed by atoms with van der Waals surface area (Å²) in [7, 11) is 1.37. The second-order valence-corrected chi connectivity index (χ2v) is 3.48. The van der Waals surface area contributed by atoms with Crippen LogP contribution < -0.4 is 0 Å². The molecule has 1 saturated carbocycles. The second kappa shape index (κ2) is 5.53. The van der Waals surface area contributed by atoms with E-state index in [0.29, 0.717) is 31.4 Å². The Bertz CT molecular complexity index is 280. The molecule has 1 aliphatic rings. The molecule has 0 N–H and O–H groups in total. The lowest BCUT2D eigenvalue weighted by Crippen LogP contribution is -2.24. The maximum Gasteiger partial charge on any atom is 0.309 e. The van der Waals surface area contributed by atoms with Crippen LogP contribution in [0.3, 0.4) is 0 Å². The van der Waals surface area contributed by atoms with Crippen molar-refractivity contribution in [1.82, 2.24) is 0 Å². The van der Waals surface area contributed by atoms with Crippen LogP contribution in [0.15, 0.2) is 11.8 Å². The Balaban J connectivity index is 2.63. The van der Waals surface area contributed by atoms with Gasteiger partial charge in [0, 0.05) is 12.0 Å². The minimum Gasteiger partial charge on any atom is -0.501 e. The topological polar surface area (TPSA) is 52.6 Å². The standard InChI is InChI=1S/C11H16O4/c1-3-15-7-9-6-8(11(13)14-2)4-5-10(9)12/h7-8H,3-6H2,1-2H3/b9-7+. The predicted octanol–water partition coefficient (Wildman–Crippen LogP) is 1.45. The fourth-order valence-corrected chi connectivity index (χ4v) is 1.61. The fourth-order valence-electron chi connectivity index (χ4n) is 1.61. The van der Waals surface area contributed by atoms with Crippen LogP contribution >= 0.6 is 0 Å². The van der Waals surface area contributed by atoms with Crippen molar-refractivity contribution in [1.29, 1.82) is 0 Å². The van der Waals surface area contributed by atoms with Crippen molar-refractivity contribution in [3.05, 3.63) is 11.8 Å². The molecule has 1 atom stereocenters. The highest BCUT2D eigenvalue weighted by molar-refractivity contribution is 5.97. The van der Waals surface area contributed by atoms with Crippen LogP contribution in [-0.2, 0) is 19.1 Å². The number of hydrogen-bond donors (Lipinski definition) is 0. The van der Waals surface area contributed by atoms with Crippen LogP contribution in [0.2, 0.25) is 0 Å². The van der Waals surface area contributed by atoms with Crippen molar-refractivity contribution in [3.8, 4) is 0 Å². The third-order valence-corrected chi connectivity index (χ3v) is 2.47. The summed E-state index contributed by atoms with van der Waals surface area (Å²) in [6.45, 7) is 2.38. The molecule has 0 saturated heterocycles. The summed E-state index contributed by atoms with van der Waals surface area (Å²) in [5.41, 5.74) is 0.596. The summed E-state index contributed by atoms with van der Waals surface area (Å²) in [5.74, 6) is -0.368. The lowest BCUT2D eigenvalue weighted by molar-refractivity contribution is -0.146. The van der Waals surface area contributed by atoms with Crippen molar-refractivity contribution < 1.29 is 19.1 Å². The number of Topliss-reactive ketones (excluding diaryl/α,β-unsaturated/α-hetero) is 1. The maximum absolute atomic E-state index is 11.5. The summed E-state index contributed by atoms with van der Waals surface area (Å²) in [5, 5.41) is 0. The molecule has 0 radical (unpaired) electrons. The number of esters is 1. The third kappa shape index (κ3) is 3.08. The van der Waals surface area contributed by atoms with E-state index in [1.54, 1.807) is 0 Å². The Morgan fingerprint density at radius 2 is 2.33 bits per heavy atom. The number of carbonyl (C=O) groups excluding carboxylic acids is 2. The van der Waals surface area contributed by atoms with E-state index < -0.39 is 0 Å². The van der Waals surface area contributed by atoms with Crippen LogP contribution in [0, 0.1) is 5.92 Å². The maximum atomic E-state index is 11.5. The Labute approximate surface area is 89.2 Å². The normalized spacial score (nSPS) is 24.0. The first-order valence-corrected chi connectivity index (χ1v) is 5.10. The van der Waals surface area contributed by atoms with Crippen LogP contribution in [0.5, 0.6) is 0 Å². The second-order valence-electron chi connectivity index (χ2n) is 3.48. The van der Waals surface area contributed by atoms with Crippen LogP contribution in [0.4, 0.5) is 0 Å². The molecule has 0 aromatic heterocycles. The van der Waals surface area contributed by atoms with Crippen molar-refractivity contribution in [2.45, 2.75) is 26.2 Å². The third-order valence-electron chi connectivity index (χ3n) is 2.47. The van der Waals surface area contributed by atoms with Gasteiger partial charge in [0.05, 0.1) is 25.9 Å². The smallest absolute Gasteiger partial charge is 0.309 e. The van der Waals surface area contributed by atoms with Crippen LogP contribution in [-0.4, -0.2) is 25.5 Å². The van der Waals surface area contributed by atoms with Gasteiger partial charge in [-0.2, -0.15) is 0 Å². The van der Waals surface area contributed by atoms with Crippen LogP contribution in [0.1, 0.15) is 26.2 Å². The van der Waals surface area contributed by atoms with E-state index in [1.807, 2.05) is 6.92 Å². The lowest BCUT2D eigenvalue weighted by atomic mass is 9.85. The van der Waals surface area contributed by atoms with Gasteiger partial charge in [-0.25, -0.2) is 0 Å². The first kappa shape index (κ1) is 11.8. The molecule has 0 heterocycles. The van der Waals surface area contributed by atoms with E-state index >= 15 is 0 Å². The van der Waals surface area contributed by atoms with Crippen molar-refractivity contribution in [3.63, 3.8) is 0 Å². The molecular formula is C11H16O4. The summed E-state index contributed by atoms with van der Waals surface area (Å²) >= 11 is 0. The summed E-state index contributed by atoms with van der Waals surface area (Å²) in [6, 6.07) is 0.